The average molecular weight is 272 g/mol. The molecule has 0 unspecified atom stereocenters. The van der Waals surface area contributed by atoms with Gasteiger partial charge in [0.05, 0.1) is 0 Å². The summed E-state index contributed by atoms with van der Waals surface area (Å²) < 4.78 is 0. The number of rotatable bonds is 1. The summed E-state index contributed by atoms with van der Waals surface area (Å²) in [5, 5.41) is 0. The molecule has 0 aromatic carbocycles. The number of carbonyl (C=O) groups excluding carboxylic acids is 1. The topological polar surface area (TPSA) is 17.1 Å². The number of carbonyl (C=O) groups is 1. The zero-order valence-electron chi connectivity index (χ0n) is 13.2. The Morgan fingerprint density at radius 2 is 2.00 bits per heavy atom. The highest BCUT2D eigenvalue weighted by atomic mass is 16.1. The fraction of sp³-hybridized carbons (Fsp3) is 0.737. The van der Waals surface area contributed by atoms with Gasteiger partial charge in [-0.05, 0) is 49.4 Å². The molecule has 0 bridgehead atoms. The molecular formula is C19H28O. The molecule has 0 amide bonds. The van der Waals surface area contributed by atoms with Gasteiger partial charge < -0.3 is 0 Å². The van der Waals surface area contributed by atoms with Crippen molar-refractivity contribution in [2.45, 2.75) is 59.3 Å². The number of hydrogen-bond acceptors (Lipinski definition) is 1. The second kappa shape index (κ2) is 4.58. The summed E-state index contributed by atoms with van der Waals surface area (Å²) in [5.74, 6) is 2.11. The molecule has 0 spiro atoms. The Hall–Kier alpha value is -0.850. The van der Waals surface area contributed by atoms with Gasteiger partial charge in [0.1, 0.15) is 5.78 Å². The van der Waals surface area contributed by atoms with Crippen LogP contribution in [-0.4, -0.2) is 5.78 Å². The lowest BCUT2D eigenvalue weighted by Gasteiger charge is -2.55. The summed E-state index contributed by atoms with van der Waals surface area (Å²) in [4.78, 5) is 12.1. The molecule has 1 heteroatoms. The maximum absolute atomic E-state index is 12.1. The Kier molecular flexibility index (Phi) is 3.23. The number of fused-ring (bicyclic) bond motifs is 3. The minimum Gasteiger partial charge on any atom is -0.299 e. The van der Waals surface area contributed by atoms with Crippen LogP contribution >= 0.6 is 0 Å². The van der Waals surface area contributed by atoms with Crippen LogP contribution in [0.3, 0.4) is 0 Å². The summed E-state index contributed by atoms with van der Waals surface area (Å²) in [6, 6.07) is 0. The van der Waals surface area contributed by atoms with Crippen LogP contribution in [-0.2, 0) is 4.79 Å². The van der Waals surface area contributed by atoms with Crippen LogP contribution in [0.2, 0.25) is 0 Å². The number of allylic oxidation sites excluding steroid dienone is 3. The highest BCUT2D eigenvalue weighted by Gasteiger charge is 2.52. The average Bonchev–Trinajstić information content (AvgIpc) is 2.43. The zero-order chi connectivity index (χ0) is 14.5. The second-order valence-corrected chi connectivity index (χ2v) is 7.93. The van der Waals surface area contributed by atoms with Crippen molar-refractivity contribution in [2.24, 2.45) is 28.6 Å². The Balaban J connectivity index is 1.95. The van der Waals surface area contributed by atoms with Crippen molar-refractivity contribution in [1.82, 2.24) is 0 Å². The minimum atomic E-state index is 0.200. The molecule has 2 saturated carbocycles. The number of ketones is 1. The predicted octanol–water partition coefficient (Wildman–Crippen LogP) is 4.93. The van der Waals surface area contributed by atoms with E-state index in [9.17, 15) is 4.79 Å². The second-order valence-electron chi connectivity index (χ2n) is 7.93. The highest BCUT2D eigenvalue weighted by molar-refractivity contribution is 5.82. The first-order valence-electron chi connectivity index (χ1n) is 8.27. The van der Waals surface area contributed by atoms with Crippen molar-refractivity contribution in [3.05, 3.63) is 24.3 Å². The van der Waals surface area contributed by atoms with Crippen LogP contribution in [0.15, 0.2) is 24.3 Å². The van der Waals surface area contributed by atoms with Gasteiger partial charge in [0, 0.05) is 17.8 Å². The maximum atomic E-state index is 12.1. The van der Waals surface area contributed by atoms with E-state index in [1.165, 1.54) is 25.7 Å². The Morgan fingerprint density at radius 3 is 2.70 bits per heavy atom. The molecule has 0 aromatic rings. The smallest absolute Gasteiger partial charge is 0.136 e. The van der Waals surface area contributed by atoms with Gasteiger partial charge in [0.15, 0.2) is 0 Å². The first kappa shape index (κ1) is 14.1. The van der Waals surface area contributed by atoms with E-state index < -0.39 is 0 Å². The van der Waals surface area contributed by atoms with Crippen molar-refractivity contribution < 1.29 is 4.79 Å². The normalized spacial score (nSPS) is 48.0. The fourth-order valence-corrected chi connectivity index (χ4v) is 5.33. The molecule has 2 fully saturated rings. The van der Waals surface area contributed by atoms with Gasteiger partial charge in [0.25, 0.3) is 0 Å². The summed E-state index contributed by atoms with van der Waals surface area (Å²) >= 11 is 0. The van der Waals surface area contributed by atoms with Crippen LogP contribution < -0.4 is 0 Å². The SMILES string of the molecule is C=C[C@]1(C)C=C2CC[C@H]3[C@@H](C)C(=O)CC[C@]3(C)[C@H]2CC1. The zero-order valence-corrected chi connectivity index (χ0v) is 13.2. The monoisotopic (exact) mass is 272 g/mol. The molecule has 3 aliphatic rings. The molecule has 5 atom stereocenters. The van der Waals surface area contributed by atoms with Crippen LogP contribution in [0.1, 0.15) is 59.3 Å². The van der Waals surface area contributed by atoms with E-state index in [2.05, 4.69) is 39.5 Å². The van der Waals surface area contributed by atoms with Gasteiger partial charge in [0.2, 0.25) is 0 Å². The van der Waals surface area contributed by atoms with Crippen LogP contribution in [0.4, 0.5) is 0 Å². The van der Waals surface area contributed by atoms with Crippen molar-refractivity contribution in [1.29, 1.82) is 0 Å². The Bertz CT molecular complexity index is 474. The lowest BCUT2D eigenvalue weighted by Crippen LogP contribution is -2.49. The Labute approximate surface area is 123 Å². The third kappa shape index (κ3) is 1.93. The summed E-state index contributed by atoms with van der Waals surface area (Å²) in [5.41, 5.74) is 2.23. The quantitative estimate of drug-likeness (QED) is 0.618. The van der Waals surface area contributed by atoms with Gasteiger partial charge >= 0.3 is 0 Å². The first-order valence-corrected chi connectivity index (χ1v) is 8.27. The molecule has 110 valence electrons. The molecule has 0 heterocycles. The maximum Gasteiger partial charge on any atom is 0.136 e. The lowest BCUT2D eigenvalue weighted by atomic mass is 9.48. The van der Waals surface area contributed by atoms with E-state index in [1.54, 1.807) is 5.57 Å². The van der Waals surface area contributed by atoms with Gasteiger partial charge in [-0.3, -0.25) is 4.79 Å². The number of Topliss-reactive ketones (excluding diaryl/α,β-unsaturated/α-hetero) is 1. The lowest BCUT2D eigenvalue weighted by molar-refractivity contribution is -0.134. The minimum absolute atomic E-state index is 0.200. The first-order chi connectivity index (χ1) is 9.39. The molecule has 3 rings (SSSR count). The highest BCUT2D eigenvalue weighted by Crippen LogP contribution is 2.60. The fourth-order valence-electron chi connectivity index (χ4n) is 5.33. The largest absolute Gasteiger partial charge is 0.299 e. The molecule has 0 aromatic heterocycles. The Morgan fingerprint density at radius 1 is 1.25 bits per heavy atom. The van der Waals surface area contributed by atoms with E-state index in [1.807, 2.05) is 0 Å². The molecule has 3 aliphatic carbocycles. The predicted molar refractivity (Wildman–Crippen MR) is 83.3 cm³/mol. The number of hydrogen-bond donors (Lipinski definition) is 0. The van der Waals surface area contributed by atoms with E-state index in [-0.39, 0.29) is 11.3 Å². The summed E-state index contributed by atoms with van der Waals surface area (Å²) in [6.45, 7) is 11.0. The summed E-state index contributed by atoms with van der Waals surface area (Å²) in [7, 11) is 0. The van der Waals surface area contributed by atoms with Crippen molar-refractivity contribution >= 4 is 5.78 Å². The summed E-state index contributed by atoms with van der Waals surface area (Å²) in [6.07, 6.45) is 11.4. The third-order valence-corrected chi connectivity index (χ3v) is 6.81. The van der Waals surface area contributed by atoms with Gasteiger partial charge in [-0.15, -0.1) is 6.58 Å². The van der Waals surface area contributed by atoms with Gasteiger partial charge in [-0.1, -0.05) is 38.5 Å². The van der Waals surface area contributed by atoms with Crippen LogP contribution in [0.25, 0.3) is 0 Å². The molecule has 20 heavy (non-hydrogen) atoms. The van der Waals surface area contributed by atoms with Gasteiger partial charge in [-0.25, -0.2) is 0 Å². The van der Waals surface area contributed by atoms with E-state index in [4.69, 9.17) is 0 Å². The van der Waals surface area contributed by atoms with Crippen LogP contribution in [0, 0.1) is 28.6 Å². The van der Waals surface area contributed by atoms with Crippen molar-refractivity contribution in [3.8, 4) is 0 Å². The van der Waals surface area contributed by atoms with Crippen molar-refractivity contribution in [2.75, 3.05) is 0 Å². The molecule has 0 N–H and O–H groups in total. The van der Waals surface area contributed by atoms with E-state index in [0.29, 0.717) is 23.0 Å². The van der Waals surface area contributed by atoms with Crippen molar-refractivity contribution in [3.63, 3.8) is 0 Å². The molecule has 0 aliphatic heterocycles. The van der Waals surface area contributed by atoms with Crippen LogP contribution in [0.5, 0.6) is 0 Å². The molecule has 0 radical (unpaired) electrons. The molecule has 1 nitrogen and oxygen atoms in total. The molecular weight excluding hydrogens is 244 g/mol. The molecule has 0 saturated heterocycles. The van der Waals surface area contributed by atoms with E-state index >= 15 is 0 Å². The third-order valence-electron chi connectivity index (χ3n) is 6.81. The standard InChI is InChI=1S/C19H28O/c1-5-18(3)10-8-16-14(12-18)6-7-15-13(2)17(20)9-11-19(15,16)4/h5,12-13,15-16H,1,6-11H2,2-4H3/t13-,15+,16+,18+,19+/m1/s1. The van der Waals surface area contributed by atoms with E-state index in [0.717, 1.165) is 12.8 Å². The van der Waals surface area contributed by atoms with Gasteiger partial charge in [-0.2, -0.15) is 0 Å².